The summed E-state index contributed by atoms with van der Waals surface area (Å²) in [6, 6.07) is 8.32. The van der Waals surface area contributed by atoms with Crippen molar-refractivity contribution in [1.82, 2.24) is 14.7 Å². The quantitative estimate of drug-likeness (QED) is 0.422. The Balaban J connectivity index is 1.44. The zero-order chi connectivity index (χ0) is 22.2. The molecular formula is C23H32N4O3S2. The lowest BCUT2D eigenvalue weighted by molar-refractivity contribution is -0.122. The smallest absolute Gasteiger partial charge is 0.266 e. The number of thioether (sulfide) groups is 2. The Morgan fingerprint density at radius 1 is 0.969 bits per heavy atom. The Morgan fingerprint density at radius 3 is 2.22 bits per heavy atom. The first-order valence-corrected chi connectivity index (χ1v) is 13.3. The molecule has 0 unspecified atom stereocenters. The lowest BCUT2D eigenvalue weighted by Crippen LogP contribution is -2.43. The van der Waals surface area contributed by atoms with E-state index in [2.05, 4.69) is 40.3 Å². The van der Waals surface area contributed by atoms with E-state index in [-0.39, 0.29) is 5.91 Å². The third kappa shape index (κ3) is 6.59. The number of amidine groups is 1. The van der Waals surface area contributed by atoms with E-state index in [0.717, 1.165) is 81.3 Å². The van der Waals surface area contributed by atoms with Gasteiger partial charge in [-0.1, -0.05) is 12.1 Å². The molecule has 3 aliphatic heterocycles. The van der Waals surface area contributed by atoms with E-state index in [9.17, 15) is 4.79 Å². The Kier molecular flexibility index (Phi) is 9.07. The van der Waals surface area contributed by atoms with Gasteiger partial charge in [-0.25, -0.2) is 0 Å². The fourth-order valence-corrected chi connectivity index (χ4v) is 5.29. The van der Waals surface area contributed by atoms with Crippen LogP contribution in [-0.2, 0) is 14.3 Å². The topological polar surface area (TPSA) is 57.6 Å². The number of hydrogen-bond acceptors (Lipinski definition) is 8. The van der Waals surface area contributed by atoms with E-state index in [1.807, 2.05) is 11.0 Å². The molecule has 174 valence electrons. The predicted octanol–water partition coefficient (Wildman–Crippen LogP) is 2.35. The monoisotopic (exact) mass is 476 g/mol. The summed E-state index contributed by atoms with van der Waals surface area (Å²) in [5.41, 5.74) is 1.04. The lowest BCUT2D eigenvalue weighted by Gasteiger charge is -2.28. The Labute approximate surface area is 199 Å². The average molecular weight is 477 g/mol. The van der Waals surface area contributed by atoms with Gasteiger partial charge >= 0.3 is 0 Å². The van der Waals surface area contributed by atoms with E-state index in [4.69, 9.17) is 14.5 Å². The second kappa shape index (κ2) is 12.2. The molecule has 0 radical (unpaired) electrons. The minimum Gasteiger partial charge on any atom is -0.379 e. The summed E-state index contributed by atoms with van der Waals surface area (Å²) < 4.78 is 10.9. The van der Waals surface area contributed by atoms with Crippen LogP contribution in [0.4, 0.5) is 0 Å². The van der Waals surface area contributed by atoms with Gasteiger partial charge in [-0.15, -0.1) is 11.8 Å². The van der Waals surface area contributed by atoms with Crippen LogP contribution >= 0.6 is 23.5 Å². The third-order valence-electron chi connectivity index (χ3n) is 5.81. The molecule has 1 amide bonds. The molecule has 1 aromatic carbocycles. The molecule has 3 aliphatic rings. The Bertz CT molecular complexity index is 819. The van der Waals surface area contributed by atoms with Crippen molar-refractivity contribution in [3.8, 4) is 0 Å². The first-order valence-electron chi connectivity index (χ1n) is 11.2. The van der Waals surface area contributed by atoms with Gasteiger partial charge in [0.15, 0.2) is 5.17 Å². The fourth-order valence-electron chi connectivity index (χ4n) is 3.85. The summed E-state index contributed by atoms with van der Waals surface area (Å²) in [5.74, 6) is 0.0577. The number of rotatable bonds is 8. The van der Waals surface area contributed by atoms with Crippen molar-refractivity contribution < 1.29 is 14.3 Å². The van der Waals surface area contributed by atoms with Crippen molar-refractivity contribution >= 4 is 40.7 Å². The molecular weight excluding hydrogens is 444 g/mol. The second-order valence-corrected chi connectivity index (χ2v) is 9.80. The number of amides is 1. The van der Waals surface area contributed by atoms with E-state index in [1.165, 1.54) is 16.7 Å². The van der Waals surface area contributed by atoms with Crippen molar-refractivity contribution in [3.05, 3.63) is 34.7 Å². The number of benzene rings is 1. The van der Waals surface area contributed by atoms with Crippen LogP contribution in [0.5, 0.6) is 0 Å². The van der Waals surface area contributed by atoms with Crippen LogP contribution in [0.15, 0.2) is 39.1 Å². The van der Waals surface area contributed by atoms with Crippen molar-refractivity contribution in [2.24, 2.45) is 4.99 Å². The Hall–Kier alpha value is -1.36. The highest BCUT2D eigenvalue weighted by Crippen LogP contribution is 2.32. The van der Waals surface area contributed by atoms with Gasteiger partial charge in [-0.3, -0.25) is 24.5 Å². The van der Waals surface area contributed by atoms with E-state index in [1.54, 1.807) is 11.8 Å². The molecule has 0 N–H and O–H groups in total. The molecule has 1 aromatic rings. The molecule has 7 nitrogen and oxygen atoms in total. The number of hydrogen-bond donors (Lipinski definition) is 0. The minimum absolute atomic E-state index is 0.0577. The van der Waals surface area contributed by atoms with E-state index < -0.39 is 0 Å². The van der Waals surface area contributed by atoms with Crippen molar-refractivity contribution in [2.45, 2.75) is 4.90 Å². The number of carbonyl (C=O) groups excluding carboxylic acids is 1. The van der Waals surface area contributed by atoms with Crippen molar-refractivity contribution in [2.75, 3.05) is 85.0 Å². The largest absolute Gasteiger partial charge is 0.379 e. The summed E-state index contributed by atoms with van der Waals surface area (Å²) in [4.78, 5) is 26.7. The maximum Gasteiger partial charge on any atom is 0.266 e. The van der Waals surface area contributed by atoms with Crippen molar-refractivity contribution in [1.29, 1.82) is 0 Å². The van der Waals surface area contributed by atoms with Crippen molar-refractivity contribution in [3.63, 3.8) is 0 Å². The minimum atomic E-state index is 0.0577. The summed E-state index contributed by atoms with van der Waals surface area (Å²) in [6.07, 6.45) is 4.05. The van der Waals surface area contributed by atoms with Crippen LogP contribution < -0.4 is 0 Å². The van der Waals surface area contributed by atoms with Gasteiger partial charge < -0.3 is 9.47 Å². The molecule has 0 aliphatic carbocycles. The highest BCUT2D eigenvalue weighted by atomic mass is 32.2. The molecule has 0 atom stereocenters. The zero-order valence-electron chi connectivity index (χ0n) is 18.7. The second-order valence-electron chi connectivity index (χ2n) is 7.91. The fraction of sp³-hybridized carbons (Fsp3) is 0.565. The van der Waals surface area contributed by atoms with Crippen LogP contribution in [0, 0.1) is 0 Å². The summed E-state index contributed by atoms with van der Waals surface area (Å²) >= 11 is 3.22. The first-order chi connectivity index (χ1) is 15.7. The molecule has 0 spiro atoms. The third-order valence-corrected chi connectivity index (χ3v) is 7.60. The van der Waals surface area contributed by atoms with Gasteiger partial charge in [0.1, 0.15) is 0 Å². The van der Waals surface area contributed by atoms with Crippen LogP contribution in [0.25, 0.3) is 6.08 Å². The maximum absolute atomic E-state index is 13.3. The number of morpholine rings is 2. The predicted molar refractivity (Wildman–Crippen MR) is 132 cm³/mol. The highest BCUT2D eigenvalue weighted by molar-refractivity contribution is 8.18. The SMILES string of the molecule is CSc1ccc(/C=C2\SC(=NCCN3CCOCC3)N(CCN3CCOCC3)C2=O)cc1. The number of ether oxygens (including phenoxy) is 2. The number of nitrogens with zero attached hydrogens (tertiary/aromatic N) is 4. The van der Waals surface area contributed by atoms with E-state index in [0.29, 0.717) is 13.1 Å². The Morgan fingerprint density at radius 2 is 1.59 bits per heavy atom. The average Bonchev–Trinajstić information content (AvgIpc) is 3.13. The molecule has 3 heterocycles. The standard InChI is InChI=1S/C23H32N4O3S2/c1-31-20-4-2-19(3-5-20)18-21-22(28)27(9-8-26-12-16-30-17-13-26)23(32-21)24-6-7-25-10-14-29-15-11-25/h2-5,18H,6-17H2,1H3/b21-18-,24-23?. The molecule has 3 saturated heterocycles. The number of carbonyl (C=O) groups is 1. The van der Waals surface area contributed by atoms with Crippen LogP contribution in [0.3, 0.4) is 0 Å². The normalized spacial score (nSPS) is 23.5. The first kappa shape index (κ1) is 23.8. The number of aliphatic imine (C=N–C) groups is 1. The molecule has 3 fully saturated rings. The van der Waals surface area contributed by atoms with Gasteiger partial charge in [0, 0.05) is 50.7 Å². The molecule has 0 bridgehead atoms. The van der Waals surface area contributed by atoms with Crippen LogP contribution in [0.2, 0.25) is 0 Å². The molecule has 9 heteroatoms. The molecule has 0 saturated carbocycles. The zero-order valence-corrected chi connectivity index (χ0v) is 20.3. The van der Waals surface area contributed by atoms with Gasteiger partial charge in [0.2, 0.25) is 0 Å². The summed E-state index contributed by atoms with van der Waals surface area (Å²) in [5, 5.41) is 0.823. The molecule has 0 aromatic heterocycles. The maximum atomic E-state index is 13.3. The molecule has 32 heavy (non-hydrogen) atoms. The van der Waals surface area contributed by atoms with Gasteiger partial charge in [-0.2, -0.15) is 0 Å². The molecule has 4 rings (SSSR count). The highest BCUT2D eigenvalue weighted by Gasteiger charge is 2.33. The van der Waals surface area contributed by atoms with Gasteiger partial charge in [0.05, 0.1) is 37.9 Å². The van der Waals surface area contributed by atoms with Crippen LogP contribution in [0.1, 0.15) is 5.56 Å². The van der Waals surface area contributed by atoms with Gasteiger partial charge in [0.25, 0.3) is 5.91 Å². The van der Waals surface area contributed by atoms with Crippen LogP contribution in [-0.4, -0.2) is 111 Å². The summed E-state index contributed by atoms with van der Waals surface area (Å²) in [6.45, 7) is 9.94. The lowest BCUT2D eigenvalue weighted by atomic mass is 10.2. The summed E-state index contributed by atoms with van der Waals surface area (Å²) in [7, 11) is 0. The van der Waals surface area contributed by atoms with E-state index >= 15 is 0 Å². The van der Waals surface area contributed by atoms with Gasteiger partial charge in [-0.05, 0) is 41.8 Å².